The molecule has 262 valence electrons. The smallest absolute Gasteiger partial charge is 0.407 e. The molecule has 0 aliphatic carbocycles. The van der Waals surface area contributed by atoms with Crippen LogP contribution in [0.4, 0.5) is 16.2 Å². The van der Waals surface area contributed by atoms with Crippen LogP contribution in [-0.2, 0) is 17.7 Å². The third-order valence-electron chi connectivity index (χ3n) is 9.47. The number of para-hydroxylation sites is 2. The Morgan fingerprint density at radius 3 is 2.06 bits per heavy atom. The first-order valence-corrected chi connectivity index (χ1v) is 17.6. The summed E-state index contributed by atoms with van der Waals surface area (Å²) in [6, 6.07) is 24.2. The molecule has 1 atom stereocenters. The van der Waals surface area contributed by atoms with Crippen molar-refractivity contribution in [1.82, 2.24) is 15.1 Å². The van der Waals surface area contributed by atoms with Crippen molar-refractivity contribution in [3.8, 4) is 12.1 Å². The number of rotatable bonds is 9. The van der Waals surface area contributed by atoms with E-state index in [1.54, 1.807) is 0 Å². The van der Waals surface area contributed by atoms with E-state index in [9.17, 15) is 20.1 Å². The normalized spacial score (nSPS) is 16.8. The van der Waals surface area contributed by atoms with Gasteiger partial charge in [0.2, 0.25) is 0 Å². The lowest BCUT2D eigenvalue weighted by molar-refractivity contribution is 0.0526. The summed E-state index contributed by atoms with van der Waals surface area (Å²) < 4.78 is 5.39. The lowest BCUT2D eigenvalue weighted by atomic mass is 9.94. The molecule has 3 aromatic carbocycles. The Hall–Kier alpha value is -5.06. The van der Waals surface area contributed by atoms with Gasteiger partial charge in [0.1, 0.15) is 17.7 Å². The monoisotopic (exact) mass is 675 g/mol. The number of aryl methyl sites for hydroxylation is 2. The molecule has 2 aliphatic heterocycles. The average molecular weight is 676 g/mol. The summed E-state index contributed by atoms with van der Waals surface area (Å²) in [7, 11) is 0. The van der Waals surface area contributed by atoms with E-state index in [1.807, 2.05) is 74.2 Å². The number of carbonyl (C=O) groups excluding carboxylic acids is 2. The van der Waals surface area contributed by atoms with Gasteiger partial charge in [0.15, 0.2) is 0 Å². The highest BCUT2D eigenvalue weighted by Gasteiger charge is 2.31. The lowest BCUT2D eigenvalue weighted by Crippen LogP contribution is -2.54. The first-order valence-electron chi connectivity index (χ1n) is 17.6. The third-order valence-corrected chi connectivity index (χ3v) is 9.47. The van der Waals surface area contributed by atoms with E-state index in [1.165, 1.54) is 0 Å². The van der Waals surface area contributed by atoms with Crippen LogP contribution in [0.15, 0.2) is 60.7 Å². The van der Waals surface area contributed by atoms with E-state index < -0.39 is 11.7 Å². The van der Waals surface area contributed by atoms with Gasteiger partial charge in [-0.05, 0) is 94.5 Å². The molecule has 0 bridgehead atoms. The van der Waals surface area contributed by atoms with Crippen LogP contribution in [0.3, 0.4) is 0 Å². The fourth-order valence-electron chi connectivity index (χ4n) is 6.88. The Morgan fingerprint density at radius 1 is 0.860 bits per heavy atom. The maximum Gasteiger partial charge on any atom is 0.407 e. The second kappa shape index (κ2) is 16.1. The molecule has 10 heteroatoms. The minimum Gasteiger partial charge on any atom is -0.444 e. The van der Waals surface area contributed by atoms with Crippen LogP contribution in [0.5, 0.6) is 0 Å². The fraction of sp³-hybridized carbons (Fsp3) is 0.450. The van der Waals surface area contributed by atoms with E-state index in [-0.39, 0.29) is 11.9 Å². The SMILES string of the molecule is Cc1cc(CCCNC(=O)OC(C)(C)C)c(C(=O)N2CCN(c3ccccc3C#N)C[C@@H]2C)cc1CN1CCN(c2ccccc2C#N)CC1. The van der Waals surface area contributed by atoms with Gasteiger partial charge in [-0.2, -0.15) is 10.5 Å². The number of nitrogens with one attached hydrogen (secondary N) is 1. The molecule has 50 heavy (non-hydrogen) atoms. The van der Waals surface area contributed by atoms with Crippen LogP contribution in [0.2, 0.25) is 0 Å². The highest BCUT2D eigenvalue weighted by molar-refractivity contribution is 5.96. The van der Waals surface area contributed by atoms with E-state index in [0.29, 0.717) is 55.7 Å². The number of amides is 2. The second-order valence-corrected chi connectivity index (χ2v) is 14.3. The Kier molecular flexibility index (Phi) is 11.7. The Balaban J connectivity index is 1.32. The van der Waals surface area contributed by atoms with Crippen LogP contribution in [0.1, 0.15) is 72.3 Å². The maximum atomic E-state index is 14.4. The van der Waals surface area contributed by atoms with Crippen LogP contribution in [0, 0.1) is 29.6 Å². The Bertz CT molecular complexity index is 1760. The predicted molar refractivity (Wildman–Crippen MR) is 196 cm³/mol. The number of piperazine rings is 2. The van der Waals surface area contributed by atoms with E-state index in [4.69, 9.17) is 4.74 Å². The van der Waals surface area contributed by atoms with Crippen LogP contribution < -0.4 is 15.1 Å². The molecule has 0 aromatic heterocycles. The molecule has 2 amide bonds. The number of anilines is 2. The second-order valence-electron chi connectivity index (χ2n) is 14.3. The number of nitriles is 2. The van der Waals surface area contributed by atoms with Gasteiger partial charge in [-0.25, -0.2) is 4.79 Å². The lowest BCUT2D eigenvalue weighted by Gasteiger charge is -2.41. The minimum atomic E-state index is -0.568. The third kappa shape index (κ3) is 8.94. The van der Waals surface area contributed by atoms with Crippen molar-refractivity contribution >= 4 is 23.4 Å². The van der Waals surface area contributed by atoms with E-state index in [0.717, 1.165) is 60.8 Å². The van der Waals surface area contributed by atoms with Gasteiger partial charge in [-0.15, -0.1) is 0 Å². The van der Waals surface area contributed by atoms with Gasteiger partial charge in [0.25, 0.3) is 5.91 Å². The number of ether oxygens (including phenoxy) is 1. The van der Waals surface area contributed by atoms with Gasteiger partial charge in [-0.1, -0.05) is 30.3 Å². The number of benzene rings is 3. The van der Waals surface area contributed by atoms with Crippen molar-refractivity contribution in [3.05, 3.63) is 94.0 Å². The maximum absolute atomic E-state index is 14.4. The Morgan fingerprint density at radius 2 is 1.46 bits per heavy atom. The largest absolute Gasteiger partial charge is 0.444 e. The molecular weight excluding hydrogens is 626 g/mol. The van der Waals surface area contributed by atoms with Crippen molar-refractivity contribution in [2.45, 2.75) is 65.6 Å². The summed E-state index contributed by atoms with van der Waals surface area (Å²) in [6.07, 6.45) is 0.860. The molecule has 0 saturated carbocycles. The van der Waals surface area contributed by atoms with Gasteiger partial charge in [0, 0.05) is 70.5 Å². The molecular formula is C40H49N7O3. The molecule has 0 radical (unpaired) electrons. The summed E-state index contributed by atoms with van der Waals surface area (Å²) >= 11 is 0. The first kappa shape index (κ1) is 36.2. The number of carbonyl (C=O) groups is 2. The van der Waals surface area contributed by atoms with Crippen LogP contribution in [0.25, 0.3) is 0 Å². The topological polar surface area (TPSA) is 116 Å². The molecule has 0 spiro atoms. The molecule has 2 aliphatic rings. The summed E-state index contributed by atoms with van der Waals surface area (Å²) in [5, 5.41) is 22.1. The van der Waals surface area contributed by atoms with Gasteiger partial charge in [-0.3, -0.25) is 9.69 Å². The molecule has 2 saturated heterocycles. The van der Waals surface area contributed by atoms with Crippen molar-refractivity contribution in [2.24, 2.45) is 0 Å². The molecule has 10 nitrogen and oxygen atoms in total. The molecule has 3 aromatic rings. The molecule has 2 heterocycles. The van der Waals surface area contributed by atoms with Crippen molar-refractivity contribution < 1.29 is 14.3 Å². The Labute approximate surface area is 296 Å². The summed E-state index contributed by atoms with van der Waals surface area (Å²) in [5.74, 6) is 0.0139. The zero-order chi connectivity index (χ0) is 35.8. The highest BCUT2D eigenvalue weighted by atomic mass is 16.6. The molecule has 1 N–H and O–H groups in total. The quantitative estimate of drug-likeness (QED) is 0.280. The standard InChI is InChI=1S/C40H49N7O3/c1-29-23-31(13-10-16-43-39(49)50-40(3,4)5)35(38(48)47-22-21-46(27-30(47)2)37-15-9-7-12-33(37)26-42)24-34(29)28-44-17-19-45(20-18-44)36-14-8-6-11-32(36)25-41/h6-9,11-12,14-15,23-24,30H,10,13,16-22,27-28H2,1-5H3,(H,43,49)/t30-/m0/s1. The van der Waals surface area contributed by atoms with Crippen molar-refractivity contribution in [3.63, 3.8) is 0 Å². The summed E-state index contributed by atoms with van der Waals surface area (Å²) in [4.78, 5) is 35.5. The van der Waals surface area contributed by atoms with Crippen molar-refractivity contribution in [1.29, 1.82) is 10.5 Å². The van der Waals surface area contributed by atoms with Crippen molar-refractivity contribution in [2.75, 3.05) is 62.2 Å². The number of hydrogen-bond acceptors (Lipinski definition) is 8. The molecule has 2 fully saturated rings. The van der Waals surface area contributed by atoms with Gasteiger partial charge in [0.05, 0.1) is 22.5 Å². The first-order chi connectivity index (χ1) is 24.0. The average Bonchev–Trinajstić information content (AvgIpc) is 3.10. The number of nitrogens with zero attached hydrogens (tertiary/aromatic N) is 6. The summed E-state index contributed by atoms with van der Waals surface area (Å²) in [5.41, 5.74) is 6.61. The van der Waals surface area contributed by atoms with Crippen LogP contribution in [-0.4, -0.2) is 85.8 Å². The minimum absolute atomic E-state index is 0.0139. The number of alkyl carbamates (subject to hydrolysis) is 1. The molecule has 5 rings (SSSR count). The van der Waals surface area contributed by atoms with Crippen LogP contribution >= 0.6 is 0 Å². The zero-order valence-corrected chi connectivity index (χ0v) is 30.0. The van der Waals surface area contributed by atoms with E-state index in [2.05, 4.69) is 58.1 Å². The number of hydrogen-bond donors (Lipinski definition) is 1. The van der Waals surface area contributed by atoms with E-state index >= 15 is 0 Å². The van der Waals surface area contributed by atoms with Gasteiger partial charge < -0.3 is 24.8 Å². The summed E-state index contributed by atoms with van der Waals surface area (Å²) in [6.45, 7) is 16.0. The molecule has 0 unspecified atom stereocenters. The zero-order valence-electron chi connectivity index (χ0n) is 30.0. The predicted octanol–water partition coefficient (Wildman–Crippen LogP) is 5.87. The fourth-order valence-corrected chi connectivity index (χ4v) is 6.88. The highest BCUT2D eigenvalue weighted by Crippen LogP contribution is 2.28. The van der Waals surface area contributed by atoms with Gasteiger partial charge >= 0.3 is 6.09 Å².